The Morgan fingerprint density at radius 1 is 1.32 bits per heavy atom. The second-order valence-corrected chi connectivity index (χ2v) is 8.06. The standard InChI is InChI=1S/C19H21FN6OS/c1-12-24-25-19(28-12)15-3-2-14-11-21-17(10-16(14)22-15)23-18(27)13-4-7-26(8-5-13)9-6-20/h2-3,10-11,13H,4-9H2,1H3,(H,21,23,27). The van der Waals surface area contributed by atoms with Gasteiger partial charge < -0.3 is 10.2 Å². The van der Waals surface area contributed by atoms with E-state index < -0.39 is 0 Å². The summed E-state index contributed by atoms with van der Waals surface area (Å²) in [5, 5.41) is 13.6. The van der Waals surface area contributed by atoms with E-state index in [0.717, 1.165) is 52.5 Å². The van der Waals surface area contributed by atoms with Gasteiger partial charge in [-0.25, -0.2) is 14.4 Å². The number of anilines is 1. The first-order valence-corrected chi connectivity index (χ1v) is 10.1. The van der Waals surface area contributed by atoms with Gasteiger partial charge in [0.15, 0.2) is 5.01 Å². The summed E-state index contributed by atoms with van der Waals surface area (Å²) >= 11 is 1.49. The van der Waals surface area contributed by atoms with Gasteiger partial charge in [-0.3, -0.25) is 4.79 Å². The predicted molar refractivity (Wildman–Crippen MR) is 107 cm³/mol. The van der Waals surface area contributed by atoms with E-state index in [0.29, 0.717) is 12.4 Å². The van der Waals surface area contributed by atoms with E-state index in [1.807, 2.05) is 19.1 Å². The van der Waals surface area contributed by atoms with Crippen molar-refractivity contribution >= 4 is 34.0 Å². The predicted octanol–water partition coefficient (Wildman–Crippen LogP) is 3.08. The van der Waals surface area contributed by atoms with Crippen molar-refractivity contribution in [3.05, 3.63) is 29.4 Å². The van der Waals surface area contributed by atoms with Crippen molar-refractivity contribution < 1.29 is 9.18 Å². The van der Waals surface area contributed by atoms with Gasteiger partial charge in [0.25, 0.3) is 0 Å². The number of alkyl halides is 1. The maximum absolute atomic E-state index is 12.6. The normalized spacial score (nSPS) is 15.8. The highest BCUT2D eigenvalue weighted by Crippen LogP contribution is 2.25. The molecule has 4 heterocycles. The lowest BCUT2D eigenvalue weighted by Crippen LogP contribution is -2.39. The van der Waals surface area contributed by atoms with Crippen molar-refractivity contribution in [2.24, 2.45) is 5.92 Å². The third-order valence-electron chi connectivity index (χ3n) is 4.93. The summed E-state index contributed by atoms with van der Waals surface area (Å²) in [6, 6.07) is 5.61. The maximum Gasteiger partial charge on any atom is 0.228 e. The van der Waals surface area contributed by atoms with Gasteiger partial charge >= 0.3 is 0 Å². The number of likely N-dealkylation sites (tertiary alicyclic amines) is 1. The minimum absolute atomic E-state index is 0.0392. The smallest absolute Gasteiger partial charge is 0.228 e. The zero-order chi connectivity index (χ0) is 19.5. The molecule has 3 aromatic heterocycles. The fourth-order valence-corrected chi connectivity index (χ4v) is 4.03. The van der Waals surface area contributed by atoms with Crippen molar-refractivity contribution in [1.29, 1.82) is 0 Å². The lowest BCUT2D eigenvalue weighted by atomic mass is 9.96. The molecule has 1 fully saturated rings. The van der Waals surface area contributed by atoms with Crippen molar-refractivity contribution in [3.63, 3.8) is 0 Å². The third-order valence-corrected chi connectivity index (χ3v) is 5.79. The largest absolute Gasteiger partial charge is 0.310 e. The van der Waals surface area contributed by atoms with E-state index in [1.165, 1.54) is 11.3 Å². The van der Waals surface area contributed by atoms with Crippen LogP contribution in [0.5, 0.6) is 0 Å². The van der Waals surface area contributed by atoms with Crippen LogP contribution in [0.1, 0.15) is 17.8 Å². The first-order valence-electron chi connectivity index (χ1n) is 9.29. The zero-order valence-corrected chi connectivity index (χ0v) is 16.4. The molecule has 1 N–H and O–H groups in total. The molecule has 3 aromatic rings. The van der Waals surface area contributed by atoms with E-state index in [2.05, 4.69) is 30.4 Å². The Morgan fingerprint density at radius 2 is 2.14 bits per heavy atom. The van der Waals surface area contributed by atoms with Crippen molar-refractivity contribution in [3.8, 4) is 10.7 Å². The van der Waals surface area contributed by atoms with Crippen LogP contribution in [-0.4, -0.2) is 57.3 Å². The molecule has 0 atom stereocenters. The number of halogens is 1. The number of carbonyl (C=O) groups is 1. The van der Waals surface area contributed by atoms with Crippen LogP contribution in [0.2, 0.25) is 0 Å². The van der Waals surface area contributed by atoms with Gasteiger partial charge in [0.05, 0.1) is 5.52 Å². The molecular weight excluding hydrogens is 379 g/mol. The molecular formula is C19H21FN6OS. The number of nitrogens with one attached hydrogen (secondary N) is 1. The fourth-order valence-electron chi connectivity index (χ4n) is 3.37. The summed E-state index contributed by atoms with van der Waals surface area (Å²) in [5.41, 5.74) is 1.50. The second-order valence-electron chi connectivity index (χ2n) is 6.88. The second kappa shape index (κ2) is 8.24. The number of aromatic nitrogens is 4. The first kappa shape index (κ1) is 18.8. The summed E-state index contributed by atoms with van der Waals surface area (Å²) in [7, 11) is 0. The number of pyridine rings is 2. The molecule has 1 aliphatic heterocycles. The summed E-state index contributed by atoms with van der Waals surface area (Å²) in [6.07, 6.45) is 3.17. The number of carbonyl (C=O) groups excluding carboxylic acids is 1. The number of hydrogen-bond donors (Lipinski definition) is 1. The van der Waals surface area contributed by atoms with Crippen LogP contribution < -0.4 is 5.32 Å². The number of piperidine rings is 1. The average Bonchev–Trinajstić information content (AvgIpc) is 3.14. The number of aryl methyl sites for hydroxylation is 1. The number of nitrogens with zero attached hydrogens (tertiary/aromatic N) is 5. The summed E-state index contributed by atoms with van der Waals surface area (Å²) in [6.45, 7) is 3.51. The van der Waals surface area contributed by atoms with Gasteiger partial charge in [0.1, 0.15) is 23.2 Å². The quantitative estimate of drug-likeness (QED) is 0.709. The molecule has 1 saturated heterocycles. The Balaban J connectivity index is 1.47. The molecule has 1 amide bonds. The monoisotopic (exact) mass is 400 g/mol. The van der Waals surface area contributed by atoms with E-state index in [9.17, 15) is 9.18 Å². The Morgan fingerprint density at radius 3 is 2.86 bits per heavy atom. The van der Waals surface area contributed by atoms with Gasteiger partial charge in [0, 0.05) is 30.1 Å². The van der Waals surface area contributed by atoms with Crippen molar-refractivity contribution in [1.82, 2.24) is 25.1 Å². The molecule has 0 bridgehead atoms. The Labute approximate surface area is 166 Å². The third kappa shape index (κ3) is 4.15. The van der Waals surface area contributed by atoms with Crippen LogP contribution in [0.3, 0.4) is 0 Å². The van der Waals surface area contributed by atoms with Crippen LogP contribution in [0.15, 0.2) is 24.4 Å². The maximum atomic E-state index is 12.6. The molecule has 9 heteroatoms. The van der Waals surface area contributed by atoms with Crippen molar-refractivity contribution in [2.75, 3.05) is 31.6 Å². The van der Waals surface area contributed by atoms with E-state index in [4.69, 9.17) is 0 Å². The number of hydrogen-bond acceptors (Lipinski definition) is 7. The summed E-state index contributed by atoms with van der Waals surface area (Å²) in [5.74, 6) is 0.376. The summed E-state index contributed by atoms with van der Waals surface area (Å²) < 4.78 is 12.4. The number of rotatable bonds is 5. The number of fused-ring (bicyclic) bond motifs is 1. The fraction of sp³-hybridized carbons (Fsp3) is 0.421. The lowest BCUT2D eigenvalue weighted by molar-refractivity contribution is -0.121. The Hall–Kier alpha value is -2.52. The molecule has 146 valence electrons. The first-order chi connectivity index (χ1) is 13.6. The molecule has 0 saturated carbocycles. The molecule has 0 aromatic carbocycles. The Kier molecular flexibility index (Phi) is 5.54. The van der Waals surface area contributed by atoms with E-state index >= 15 is 0 Å². The van der Waals surface area contributed by atoms with Gasteiger partial charge in [-0.2, -0.15) is 0 Å². The SMILES string of the molecule is Cc1nnc(-c2ccc3cnc(NC(=O)C4CCN(CCF)CC4)cc3n2)s1. The molecule has 1 aliphatic rings. The Bertz CT molecular complexity index is 985. The van der Waals surface area contributed by atoms with Gasteiger partial charge in [-0.05, 0) is 45.0 Å². The van der Waals surface area contributed by atoms with E-state index in [-0.39, 0.29) is 18.5 Å². The zero-order valence-electron chi connectivity index (χ0n) is 15.6. The van der Waals surface area contributed by atoms with Crippen LogP contribution in [-0.2, 0) is 4.79 Å². The van der Waals surface area contributed by atoms with Crippen LogP contribution in [0.25, 0.3) is 21.6 Å². The van der Waals surface area contributed by atoms with Gasteiger partial charge in [0.2, 0.25) is 5.91 Å². The highest BCUT2D eigenvalue weighted by Gasteiger charge is 2.25. The van der Waals surface area contributed by atoms with Crippen molar-refractivity contribution in [2.45, 2.75) is 19.8 Å². The van der Waals surface area contributed by atoms with Crippen LogP contribution in [0, 0.1) is 12.8 Å². The lowest BCUT2D eigenvalue weighted by Gasteiger charge is -2.30. The topological polar surface area (TPSA) is 83.9 Å². The van der Waals surface area contributed by atoms with Gasteiger partial charge in [-0.15, -0.1) is 10.2 Å². The minimum atomic E-state index is -0.344. The highest BCUT2D eigenvalue weighted by atomic mass is 32.1. The average molecular weight is 400 g/mol. The van der Waals surface area contributed by atoms with E-state index in [1.54, 1.807) is 12.3 Å². The molecule has 0 spiro atoms. The summed E-state index contributed by atoms with van der Waals surface area (Å²) in [4.78, 5) is 23.6. The molecule has 7 nitrogen and oxygen atoms in total. The molecule has 4 rings (SSSR count). The molecule has 0 unspecified atom stereocenters. The highest BCUT2D eigenvalue weighted by molar-refractivity contribution is 7.14. The molecule has 28 heavy (non-hydrogen) atoms. The van der Waals surface area contributed by atoms with Crippen LogP contribution in [0.4, 0.5) is 10.2 Å². The number of amides is 1. The van der Waals surface area contributed by atoms with Crippen LogP contribution >= 0.6 is 11.3 Å². The molecule has 0 aliphatic carbocycles. The molecule has 0 radical (unpaired) electrons. The van der Waals surface area contributed by atoms with Gasteiger partial charge in [-0.1, -0.05) is 11.3 Å². The minimum Gasteiger partial charge on any atom is -0.310 e.